The maximum Gasteiger partial charge on any atom is 0.186 e. The molecule has 23 heavy (non-hydrogen) atoms. The van der Waals surface area contributed by atoms with Crippen molar-refractivity contribution < 1.29 is 0 Å². The second-order valence-corrected chi connectivity index (χ2v) is 5.48. The molecule has 3 aromatic rings. The highest BCUT2D eigenvalue weighted by atomic mass is 15.4. The molecule has 1 heterocycles. The number of benzene rings is 2. The average Bonchev–Trinajstić information content (AvgIpc) is 2.98. The molecule has 0 atom stereocenters. The molecule has 0 saturated carbocycles. The van der Waals surface area contributed by atoms with Gasteiger partial charge in [0.2, 0.25) is 0 Å². The first kappa shape index (κ1) is 14.8. The zero-order chi connectivity index (χ0) is 16.2. The van der Waals surface area contributed by atoms with Gasteiger partial charge >= 0.3 is 0 Å². The standard InChI is InChI=1S/C18H17N5/c1-22(2)15-8-10-16(11-9-15)23-18(17(13-19)20-21-23)12-14-6-4-3-5-7-14/h3-11H,12H2,1-2H3. The number of anilines is 1. The number of hydrogen-bond donors (Lipinski definition) is 0. The van der Waals surface area contributed by atoms with Crippen molar-refractivity contribution in [2.75, 3.05) is 19.0 Å². The monoisotopic (exact) mass is 303 g/mol. The van der Waals surface area contributed by atoms with Crippen molar-refractivity contribution >= 4 is 5.69 Å². The van der Waals surface area contributed by atoms with Gasteiger partial charge in [0.05, 0.1) is 11.4 Å². The van der Waals surface area contributed by atoms with Crippen molar-refractivity contribution in [1.82, 2.24) is 15.0 Å². The highest BCUT2D eigenvalue weighted by Crippen LogP contribution is 2.19. The summed E-state index contributed by atoms with van der Waals surface area (Å²) in [4.78, 5) is 2.04. The lowest BCUT2D eigenvalue weighted by molar-refractivity contribution is 0.772. The van der Waals surface area contributed by atoms with E-state index in [-0.39, 0.29) is 0 Å². The van der Waals surface area contributed by atoms with Crippen LogP contribution in [0.15, 0.2) is 54.6 Å². The highest BCUT2D eigenvalue weighted by Gasteiger charge is 2.14. The first-order valence-electron chi connectivity index (χ1n) is 7.35. The van der Waals surface area contributed by atoms with Crippen LogP contribution in [-0.4, -0.2) is 29.1 Å². The molecule has 5 heteroatoms. The van der Waals surface area contributed by atoms with Gasteiger partial charge in [-0.15, -0.1) is 5.10 Å². The molecule has 0 unspecified atom stereocenters. The largest absolute Gasteiger partial charge is 0.378 e. The van der Waals surface area contributed by atoms with E-state index < -0.39 is 0 Å². The molecular weight excluding hydrogens is 286 g/mol. The molecule has 0 aliphatic heterocycles. The molecule has 5 nitrogen and oxygen atoms in total. The number of nitrogens with zero attached hydrogens (tertiary/aromatic N) is 5. The van der Waals surface area contributed by atoms with Gasteiger partial charge in [-0.3, -0.25) is 0 Å². The second-order valence-electron chi connectivity index (χ2n) is 5.48. The molecule has 3 rings (SSSR count). The summed E-state index contributed by atoms with van der Waals surface area (Å²) in [7, 11) is 4.00. The minimum atomic E-state index is 0.366. The van der Waals surface area contributed by atoms with Crippen LogP contribution < -0.4 is 4.90 Å². The van der Waals surface area contributed by atoms with Crippen LogP contribution in [0.3, 0.4) is 0 Å². The Balaban J connectivity index is 2.00. The Hall–Kier alpha value is -3.13. The fraction of sp³-hybridized carbons (Fsp3) is 0.167. The van der Waals surface area contributed by atoms with E-state index in [9.17, 15) is 5.26 Å². The molecule has 0 spiro atoms. The second kappa shape index (κ2) is 6.32. The number of aromatic nitrogens is 3. The molecule has 0 N–H and O–H groups in total. The maximum atomic E-state index is 9.30. The molecule has 0 radical (unpaired) electrons. The van der Waals surface area contributed by atoms with E-state index in [1.54, 1.807) is 4.68 Å². The van der Waals surface area contributed by atoms with Crippen molar-refractivity contribution in [3.8, 4) is 11.8 Å². The molecule has 0 amide bonds. The van der Waals surface area contributed by atoms with Gasteiger partial charge in [-0.05, 0) is 29.8 Å². The van der Waals surface area contributed by atoms with Gasteiger partial charge in [-0.1, -0.05) is 35.5 Å². The van der Waals surface area contributed by atoms with Crippen LogP contribution >= 0.6 is 0 Å². The van der Waals surface area contributed by atoms with Crippen molar-refractivity contribution in [2.45, 2.75) is 6.42 Å². The van der Waals surface area contributed by atoms with E-state index in [2.05, 4.69) is 16.4 Å². The van der Waals surface area contributed by atoms with Gasteiger partial charge in [0.15, 0.2) is 5.69 Å². The summed E-state index contributed by atoms with van der Waals surface area (Å²) in [5.74, 6) is 0. The summed E-state index contributed by atoms with van der Waals surface area (Å²) in [6.07, 6.45) is 0.617. The van der Waals surface area contributed by atoms with E-state index in [0.717, 1.165) is 22.6 Å². The van der Waals surface area contributed by atoms with Gasteiger partial charge in [-0.25, -0.2) is 4.68 Å². The first-order valence-corrected chi connectivity index (χ1v) is 7.35. The maximum absolute atomic E-state index is 9.30. The Morgan fingerprint density at radius 3 is 2.35 bits per heavy atom. The summed E-state index contributed by atoms with van der Waals surface area (Å²) in [5.41, 5.74) is 4.30. The van der Waals surface area contributed by atoms with Gasteiger partial charge in [0, 0.05) is 26.2 Å². The van der Waals surface area contributed by atoms with E-state index in [1.807, 2.05) is 73.6 Å². The summed E-state index contributed by atoms with van der Waals surface area (Å²) in [5, 5.41) is 17.5. The average molecular weight is 303 g/mol. The molecule has 0 aliphatic rings. The van der Waals surface area contributed by atoms with E-state index in [1.165, 1.54) is 0 Å². The zero-order valence-corrected chi connectivity index (χ0v) is 13.1. The first-order chi connectivity index (χ1) is 11.2. The molecule has 0 bridgehead atoms. The topological polar surface area (TPSA) is 57.7 Å². The van der Waals surface area contributed by atoms with Gasteiger partial charge in [0.1, 0.15) is 6.07 Å². The Morgan fingerprint density at radius 1 is 1.04 bits per heavy atom. The molecule has 1 aromatic heterocycles. The Morgan fingerprint density at radius 2 is 1.74 bits per heavy atom. The quantitative estimate of drug-likeness (QED) is 0.743. The third-order valence-corrected chi connectivity index (χ3v) is 3.69. The molecule has 0 fully saturated rings. The summed E-state index contributed by atoms with van der Waals surface area (Å²) < 4.78 is 1.74. The Bertz CT molecular complexity index is 826. The summed E-state index contributed by atoms with van der Waals surface area (Å²) in [6, 6.07) is 20.2. The lowest BCUT2D eigenvalue weighted by Crippen LogP contribution is -2.09. The molecular formula is C18H17N5. The number of rotatable bonds is 4. The third kappa shape index (κ3) is 3.06. The number of hydrogen-bond acceptors (Lipinski definition) is 4. The SMILES string of the molecule is CN(C)c1ccc(-n2nnc(C#N)c2Cc2ccccc2)cc1. The smallest absolute Gasteiger partial charge is 0.186 e. The minimum absolute atomic E-state index is 0.366. The van der Waals surface area contributed by atoms with E-state index in [4.69, 9.17) is 0 Å². The van der Waals surface area contributed by atoms with Crippen LogP contribution in [0.2, 0.25) is 0 Å². The third-order valence-electron chi connectivity index (χ3n) is 3.69. The van der Waals surface area contributed by atoms with Crippen molar-refractivity contribution in [1.29, 1.82) is 5.26 Å². The molecule has 0 aliphatic carbocycles. The van der Waals surface area contributed by atoms with Crippen LogP contribution in [0, 0.1) is 11.3 Å². The highest BCUT2D eigenvalue weighted by molar-refractivity contribution is 5.50. The van der Waals surface area contributed by atoms with E-state index >= 15 is 0 Å². The predicted molar refractivity (Wildman–Crippen MR) is 89.6 cm³/mol. The van der Waals surface area contributed by atoms with Crippen LogP contribution in [-0.2, 0) is 6.42 Å². The lowest BCUT2D eigenvalue weighted by atomic mass is 10.1. The van der Waals surface area contributed by atoms with Crippen LogP contribution in [0.25, 0.3) is 5.69 Å². The predicted octanol–water partition coefficient (Wildman–Crippen LogP) is 2.80. The van der Waals surface area contributed by atoms with Crippen LogP contribution in [0.5, 0.6) is 0 Å². The summed E-state index contributed by atoms with van der Waals surface area (Å²) in [6.45, 7) is 0. The minimum Gasteiger partial charge on any atom is -0.378 e. The van der Waals surface area contributed by atoms with Gasteiger partial charge < -0.3 is 4.90 Å². The van der Waals surface area contributed by atoms with E-state index in [0.29, 0.717) is 12.1 Å². The normalized spacial score (nSPS) is 10.3. The van der Waals surface area contributed by atoms with Crippen molar-refractivity contribution in [3.05, 3.63) is 71.5 Å². The fourth-order valence-corrected chi connectivity index (χ4v) is 2.44. The molecule has 2 aromatic carbocycles. The van der Waals surface area contributed by atoms with Crippen LogP contribution in [0.4, 0.5) is 5.69 Å². The molecule has 0 saturated heterocycles. The van der Waals surface area contributed by atoms with Crippen LogP contribution in [0.1, 0.15) is 17.0 Å². The Labute approximate surface area is 135 Å². The van der Waals surface area contributed by atoms with Gasteiger partial charge in [-0.2, -0.15) is 5.26 Å². The van der Waals surface area contributed by atoms with Crippen molar-refractivity contribution in [2.24, 2.45) is 0 Å². The van der Waals surface area contributed by atoms with Crippen molar-refractivity contribution in [3.63, 3.8) is 0 Å². The fourth-order valence-electron chi connectivity index (χ4n) is 2.44. The number of nitriles is 1. The lowest BCUT2D eigenvalue weighted by Gasteiger charge is -2.13. The molecule has 114 valence electrons. The van der Waals surface area contributed by atoms with Gasteiger partial charge in [0.25, 0.3) is 0 Å². The summed E-state index contributed by atoms with van der Waals surface area (Å²) >= 11 is 0. The Kier molecular flexibility index (Phi) is 4.07. The zero-order valence-electron chi connectivity index (χ0n) is 13.1.